The largest absolute Gasteiger partial charge is 0.399 e. The molecule has 106 valence electrons. The smallest absolute Gasteiger partial charge is 0.260 e. The molecular weight excluding hydrogens is 293 g/mol. The molecule has 21 heavy (non-hydrogen) atoms. The van der Waals surface area contributed by atoms with Gasteiger partial charge in [-0.2, -0.15) is 4.98 Å². The quantitative estimate of drug-likeness (QED) is 0.749. The molecule has 3 aromatic rings. The lowest BCUT2D eigenvalue weighted by molar-refractivity contribution is 0.421. The van der Waals surface area contributed by atoms with Crippen molar-refractivity contribution in [1.29, 1.82) is 0 Å². The average molecular weight is 304 g/mol. The molecule has 3 rings (SSSR count). The predicted octanol–water partition coefficient (Wildman–Crippen LogP) is 3.70. The lowest BCUT2D eigenvalue weighted by Gasteiger charge is -1.98. The maximum atomic E-state index is 13.7. The molecule has 0 aliphatic rings. The Morgan fingerprint density at radius 3 is 2.86 bits per heavy atom. The van der Waals surface area contributed by atoms with Crippen molar-refractivity contribution < 1.29 is 8.91 Å². The zero-order valence-corrected chi connectivity index (χ0v) is 11.6. The first kappa shape index (κ1) is 13.6. The van der Waals surface area contributed by atoms with E-state index in [4.69, 9.17) is 21.9 Å². The molecule has 0 aliphatic carbocycles. The van der Waals surface area contributed by atoms with Gasteiger partial charge in [0.1, 0.15) is 5.82 Å². The summed E-state index contributed by atoms with van der Waals surface area (Å²) in [6.45, 7) is 0. The van der Waals surface area contributed by atoms with E-state index in [0.717, 1.165) is 5.56 Å². The Labute approximate surface area is 125 Å². The molecule has 0 saturated carbocycles. The van der Waals surface area contributed by atoms with E-state index in [2.05, 4.69) is 10.1 Å². The minimum absolute atomic E-state index is 0.108. The Morgan fingerprint density at radius 1 is 1.19 bits per heavy atom. The standard InChI is InChI=1S/C15H11ClFN3O/c16-10-3-1-2-9(6-10)7-14-19-15(21-20-14)12-8-11(18)4-5-13(12)17/h1-6,8H,7,18H2. The first-order chi connectivity index (χ1) is 10.1. The molecule has 6 heteroatoms. The van der Waals surface area contributed by atoms with Crippen LogP contribution in [0.5, 0.6) is 0 Å². The van der Waals surface area contributed by atoms with Gasteiger partial charge in [-0.3, -0.25) is 0 Å². The normalized spacial score (nSPS) is 10.8. The van der Waals surface area contributed by atoms with Crippen LogP contribution < -0.4 is 5.73 Å². The fraction of sp³-hybridized carbons (Fsp3) is 0.0667. The summed E-state index contributed by atoms with van der Waals surface area (Å²) in [6.07, 6.45) is 0.452. The SMILES string of the molecule is Nc1ccc(F)c(-c2nc(Cc3cccc(Cl)c3)no2)c1. The molecule has 2 N–H and O–H groups in total. The second kappa shape index (κ2) is 5.54. The van der Waals surface area contributed by atoms with Crippen LogP contribution in [0.1, 0.15) is 11.4 Å². The number of hydrogen-bond donors (Lipinski definition) is 1. The van der Waals surface area contributed by atoms with Gasteiger partial charge in [-0.05, 0) is 35.9 Å². The number of nitrogens with two attached hydrogens (primary N) is 1. The van der Waals surface area contributed by atoms with Crippen molar-refractivity contribution in [3.8, 4) is 11.5 Å². The summed E-state index contributed by atoms with van der Waals surface area (Å²) < 4.78 is 18.8. The van der Waals surface area contributed by atoms with E-state index in [0.29, 0.717) is 23.0 Å². The van der Waals surface area contributed by atoms with Gasteiger partial charge in [-0.1, -0.05) is 28.9 Å². The third kappa shape index (κ3) is 3.03. The number of aromatic nitrogens is 2. The first-order valence-electron chi connectivity index (χ1n) is 6.24. The minimum atomic E-state index is -0.456. The third-order valence-corrected chi connectivity index (χ3v) is 3.18. The molecule has 0 bridgehead atoms. The van der Waals surface area contributed by atoms with E-state index in [1.165, 1.54) is 18.2 Å². The summed E-state index contributed by atoms with van der Waals surface area (Å²) in [6, 6.07) is 11.6. The molecule has 0 fully saturated rings. The predicted molar refractivity (Wildman–Crippen MR) is 78.4 cm³/mol. The van der Waals surface area contributed by atoms with Gasteiger partial charge in [-0.25, -0.2) is 4.39 Å². The number of rotatable bonds is 3. The molecule has 2 aromatic carbocycles. The first-order valence-corrected chi connectivity index (χ1v) is 6.62. The maximum Gasteiger partial charge on any atom is 0.260 e. The summed E-state index contributed by atoms with van der Waals surface area (Å²) in [5.74, 6) is 0.105. The van der Waals surface area contributed by atoms with Gasteiger partial charge in [0.15, 0.2) is 5.82 Å². The zero-order valence-electron chi connectivity index (χ0n) is 10.9. The van der Waals surface area contributed by atoms with Gasteiger partial charge in [-0.15, -0.1) is 0 Å². The van der Waals surface area contributed by atoms with Crippen LogP contribution >= 0.6 is 11.6 Å². The van der Waals surface area contributed by atoms with Gasteiger partial charge in [0.25, 0.3) is 5.89 Å². The lowest BCUT2D eigenvalue weighted by Crippen LogP contribution is -1.92. The van der Waals surface area contributed by atoms with Crippen molar-refractivity contribution in [2.45, 2.75) is 6.42 Å². The molecule has 1 aromatic heterocycles. The van der Waals surface area contributed by atoms with E-state index >= 15 is 0 Å². The molecule has 0 radical (unpaired) electrons. The second-order valence-electron chi connectivity index (χ2n) is 4.56. The number of anilines is 1. The van der Waals surface area contributed by atoms with E-state index in [1.54, 1.807) is 6.07 Å². The van der Waals surface area contributed by atoms with Gasteiger partial charge < -0.3 is 10.3 Å². The van der Waals surface area contributed by atoms with Crippen LogP contribution in [0.15, 0.2) is 47.0 Å². The van der Waals surface area contributed by atoms with Crippen molar-refractivity contribution in [3.63, 3.8) is 0 Å². The Bertz CT molecular complexity index is 788. The van der Waals surface area contributed by atoms with Crippen LogP contribution in [-0.2, 0) is 6.42 Å². The van der Waals surface area contributed by atoms with Crippen LogP contribution in [0.25, 0.3) is 11.5 Å². The Hall–Kier alpha value is -2.40. The van der Waals surface area contributed by atoms with Gasteiger partial charge in [0, 0.05) is 17.1 Å². The minimum Gasteiger partial charge on any atom is -0.399 e. The lowest BCUT2D eigenvalue weighted by atomic mass is 10.1. The molecule has 4 nitrogen and oxygen atoms in total. The van der Waals surface area contributed by atoms with Crippen molar-refractivity contribution in [1.82, 2.24) is 10.1 Å². The summed E-state index contributed by atoms with van der Waals surface area (Å²) in [5, 5.41) is 4.49. The maximum absolute atomic E-state index is 13.7. The molecule has 0 unspecified atom stereocenters. The van der Waals surface area contributed by atoms with Crippen molar-refractivity contribution in [3.05, 3.63) is 64.7 Å². The Balaban J connectivity index is 1.88. The van der Waals surface area contributed by atoms with Gasteiger partial charge >= 0.3 is 0 Å². The van der Waals surface area contributed by atoms with Crippen LogP contribution in [-0.4, -0.2) is 10.1 Å². The monoisotopic (exact) mass is 303 g/mol. The summed E-state index contributed by atoms with van der Waals surface area (Å²) >= 11 is 5.92. The fourth-order valence-electron chi connectivity index (χ4n) is 1.97. The van der Waals surface area contributed by atoms with Crippen LogP contribution in [0.3, 0.4) is 0 Å². The molecule has 0 spiro atoms. The summed E-state index contributed by atoms with van der Waals surface area (Å²) in [7, 11) is 0. The molecule has 0 aliphatic heterocycles. The Kier molecular flexibility index (Phi) is 3.58. The summed E-state index contributed by atoms with van der Waals surface area (Å²) in [4.78, 5) is 4.19. The number of halogens is 2. The van der Waals surface area contributed by atoms with Gasteiger partial charge in [0.2, 0.25) is 0 Å². The molecular formula is C15H11ClFN3O. The van der Waals surface area contributed by atoms with E-state index in [-0.39, 0.29) is 11.5 Å². The highest BCUT2D eigenvalue weighted by atomic mass is 35.5. The molecule has 0 saturated heterocycles. The van der Waals surface area contributed by atoms with Crippen LogP contribution in [0, 0.1) is 5.82 Å². The second-order valence-corrected chi connectivity index (χ2v) is 5.00. The number of nitrogen functional groups attached to an aromatic ring is 1. The van der Waals surface area contributed by atoms with E-state index in [9.17, 15) is 4.39 Å². The topological polar surface area (TPSA) is 64.9 Å². The van der Waals surface area contributed by atoms with Crippen molar-refractivity contribution in [2.75, 3.05) is 5.73 Å². The molecule has 0 amide bonds. The Morgan fingerprint density at radius 2 is 2.05 bits per heavy atom. The highest BCUT2D eigenvalue weighted by Gasteiger charge is 2.14. The zero-order chi connectivity index (χ0) is 14.8. The van der Waals surface area contributed by atoms with Crippen LogP contribution in [0.2, 0.25) is 5.02 Å². The van der Waals surface area contributed by atoms with Crippen molar-refractivity contribution >= 4 is 17.3 Å². The van der Waals surface area contributed by atoms with E-state index < -0.39 is 5.82 Å². The molecule has 1 heterocycles. The van der Waals surface area contributed by atoms with Crippen molar-refractivity contribution in [2.24, 2.45) is 0 Å². The highest BCUT2D eigenvalue weighted by Crippen LogP contribution is 2.24. The third-order valence-electron chi connectivity index (χ3n) is 2.94. The molecule has 0 atom stereocenters. The average Bonchev–Trinajstić information content (AvgIpc) is 2.90. The van der Waals surface area contributed by atoms with Gasteiger partial charge in [0.05, 0.1) is 5.56 Å². The fourth-order valence-corrected chi connectivity index (χ4v) is 2.18. The number of hydrogen-bond acceptors (Lipinski definition) is 4. The number of nitrogens with zero attached hydrogens (tertiary/aromatic N) is 2. The highest BCUT2D eigenvalue weighted by molar-refractivity contribution is 6.30. The number of benzene rings is 2. The summed E-state index contributed by atoms with van der Waals surface area (Å²) in [5.41, 5.74) is 7.21. The van der Waals surface area contributed by atoms with E-state index in [1.807, 2.05) is 18.2 Å². The van der Waals surface area contributed by atoms with Crippen LogP contribution in [0.4, 0.5) is 10.1 Å².